The Morgan fingerprint density at radius 2 is 2.50 bits per heavy atom. The summed E-state index contributed by atoms with van der Waals surface area (Å²) in [6.45, 7) is 6.01. The van der Waals surface area contributed by atoms with Crippen LogP contribution in [0.3, 0.4) is 0 Å². The Bertz CT molecular complexity index is 496. The number of piperazine rings is 1. The third-order valence-corrected chi connectivity index (χ3v) is 3.87. The molecule has 0 saturated carbocycles. The minimum atomic E-state index is 0.526. The van der Waals surface area contributed by atoms with Gasteiger partial charge in [-0.1, -0.05) is 6.07 Å². The lowest BCUT2D eigenvalue weighted by atomic mass is 10.2. The first-order valence-corrected chi connectivity index (χ1v) is 7.01. The molecule has 18 heavy (non-hydrogen) atoms. The van der Waals surface area contributed by atoms with Gasteiger partial charge in [0.1, 0.15) is 0 Å². The minimum absolute atomic E-state index is 0.526. The van der Waals surface area contributed by atoms with Crippen molar-refractivity contribution in [1.29, 1.82) is 0 Å². The molecule has 0 amide bonds. The van der Waals surface area contributed by atoms with Crippen molar-refractivity contribution in [2.24, 2.45) is 0 Å². The molecule has 0 unspecified atom stereocenters. The van der Waals surface area contributed by atoms with Gasteiger partial charge in [0.15, 0.2) is 0 Å². The smallest absolute Gasteiger partial charge is 0.257 e. The summed E-state index contributed by atoms with van der Waals surface area (Å²) in [7, 11) is 0. The molecular formula is C12H16N4OS. The van der Waals surface area contributed by atoms with Gasteiger partial charge in [0.05, 0.1) is 11.4 Å². The van der Waals surface area contributed by atoms with E-state index in [4.69, 9.17) is 4.42 Å². The summed E-state index contributed by atoms with van der Waals surface area (Å²) < 4.78 is 5.69. The van der Waals surface area contributed by atoms with Crippen molar-refractivity contribution in [2.45, 2.75) is 19.5 Å². The number of thiophene rings is 1. The van der Waals surface area contributed by atoms with E-state index in [0.717, 1.165) is 31.1 Å². The molecular weight excluding hydrogens is 248 g/mol. The molecule has 1 atom stereocenters. The molecule has 6 heteroatoms. The summed E-state index contributed by atoms with van der Waals surface area (Å²) in [5.41, 5.74) is 0. The SMILES string of the molecule is C[C@@H]1CN(Cc2nnc(-c3cccs3)o2)CCN1. The maximum absolute atomic E-state index is 5.69. The van der Waals surface area contributed by atoms with Gasteiger partial charge in [-0.15, -0.1) is 21.5 Å². The summed E-state index contributed by atoms with van der Waals surface area (Å²) in [4.78, 5) is 3.37. The van der Waals surface area contributed by atoms with Gasteiger partial charge in [-0.25, -0.2) is 0 Å². The van der Waals surface area contributed by atoms with E-state index in [2.05, 4.69) is 27.3 Å². The molecule has 2 aromatic rings. The van der Waals surface area contributed by atoms with E-state index in [1.165, 1.54) is 0 Å². The van der Waals surface area contributed by atoms with Gasteiger partial charge in [-0.05, 0) is 18.4 Å². The second-order valence-corrected chi connectivity index (χ2v) is 5.52. The molecule has 1 aliphatic rings. The van der Waals surface area contributed by atoms with Gasteiger partial charge in [-0.3, -0.25) is 4.90 Å². The molecule has 0 aliphatic carbocycles. The van der Waals surface area contributed by atoms with Crippen LogP contribution in [0, 0.1) is 0 Å². The topological polar surface area (TPSA) is 54.2 Å². The second-order valence-electron chi connectivity index (χ2n) is 4.57. The fourth-order valence-electron chi connectivity index (χ4n) is 2.16. The van der Waals surface area contributed by atoms with Crippen molar-refractivity contribution in [3.8, 4) is 10.8 Å². The molecule has 96 valence electrons. The van der Waals surface area contributed by atoms with E-state index in [9.17, 15) is 0 Å². The predicted octanol–water partition coefficient (Wildman–Crippen LogP) is 1.59. The first-order valence-electron chi connectivity index (χ1n) is 6.13. The van der Waals surface area contributed by atoms with Crippen molar-refractivity contribution in [1.82, 2.24) is 20.4 Å². The monoisotopic (exact) mass is 264 g/mol. The maximum atomic E-state index is 5.69. The van der Waals surface area contributed by atoms with E-state index in [-0.39, 0.29) is 0 Å². The minimum Gasteiger partial charge on any atom is -0.419 e. The summed E-state index contributed by atoms with van der Waals surface area (Å²) in [6.07, 6.45) is 0. The van der Waals surface area contributed by atoms with Crippen LogP contribution in [0.2, 0.25) is 0 Å². The fraction of sp³-hybridized carbons (Fsp3) is 0.500. The lowest BCUT2D eigenvalue weighted by molar-refractivity contribution is 0.184. The lowest BCUT2D eigenvalue weighted by Gasteiger charge is -2.30. The van der Waals surface area contributed by atoms with Crippen LogP contribution in [0.15, 0.2) is 21.9 Å². The summed E-state index contributed by atoms with van der Waals surface area (Å²) in [5, 5.41) is 13.6. The fourth-order valence-corrected chi connectivity index (χ4v) is 2.81. The maximum Gasteiger partial charge on any atom is 0.257 e. The normalized spacial score (nSPS) is 21.3. The molecule has 3 rings (SSSR count). The van der Waals surface area contributed by atoms with E-state index < -0.39 is 0 Å². The van der Waals surface area contributed by atoms with Gasteiger partial charge in [-0.2, -0.15) is 0 Å². The average molecular weight is 264 g/mol. The Hall–Kier alpha value is -1.24. The second kappa shape index (κ2) is 5.17. The van der Waals surface area contributed by atoms with Crippen LogP contribution in [-0.2, 0) is 6.54 Å². The van der Waals surface area contributed by atoms with E-state index in [1.807, 2.05) is 17.5 Å². The van der Waals surface area contributed by atoms with E-state index in [0.29, 0.717) is 17.8 Å². The Morgan fingerprint density at radius 3 is 3.28 bits per heavy atom. The summed E-state index contributed by atoms with van der Waals surface area (Å²) in [6, 6.07) is 4.51. The van der Waals surface area contributed by atoms with Gasteiger partial charge in [0.2, 0.25) is 5.89 Å². The molecule has 2 aromatic heterocycles. The molecule has 0 radical (unpaired) electrons. The van der Waals surface area contributed by atoms with Crippen molar-refractivity contribution in [3.05, 3.63) is 23.4 Å². The van der Waals surface area contributed by atoms with Crippen LogP contribution < -0.4 is 5.32 Å². The van der Waals surface area contributed by atoms with E-state index >= 15 is 0 Å². The molecule has 0 spiro atoms. The predicted molar refractivity (Wildman–Crippen MR) is 70.4 cm³/mol. The standard InChI is InChI=1S/C12H16N4OS/c1-9-7-16(5-4-13-9)8-11-14-15-12(17-11)10-3-2-6-18-10/h2-3,6,9,13H,4-5,7-8H2,1H3/t9-/m1/s1. The summed E-state index contributed by atoms with van der Waals surface area (Å²) in [5.74, 6) is 1.33. The van der Waals surface area contributed by atoms with Crippen LogP contribution in [0.25, 0.3) is 10.8 Å². The highest BCUT2D eigenvalue weighted by Crippen LogP contribution is 2.23. The van der Waals surface area contributed by atoms with Gasteiger partial charge in [0, 0.05) is 25.7 Å². The number of aromatic nitrogens is 2. The van der Waals surface area contributed by atoms with Gasteiger partial charge in [0.25, 0.3) is 5.89 Å². The highest BCUT2D eigenvalue weighted by molar-refractivity contribution is 7.13. The van der Waals surface area contributed by atoms with Crippen molar-refractivity contribution < 1.29 is 4.42 Å². The van der Waals surface area contributed by atoms with Crippen molar-refractivity contribution in [3.63, 3.8) is 0 Å². The first-order chi connectivity index (χ1) is 8.81. The highest BCUT2D eigenvalue weighted by atomic mass is 32.1. The number of rotatable bonds is 3. The molecule has 1 saturated heterocycles. The molecule has 1 N–H and O–H groups in total. The molecule has 1 aliphatic heterocycles. The van der Waals surface area contributed by atoms with E-state index in [1.54, 1.807) is 11.3 Å². The van der Waals surface area contributed by atoms with Crippen molar-refractivity contribution in [2.75, 3.05) is 19.6 Å². The van der Waals surface area contributed by atoms with Crippen LogP contribution >= 0.6 is 11.3 Å². The zero-order chi connectivity index (χ0) is 12.4. The first kappa shape index (κ1) is 11.8. The van der Waals surface area contributed by atoms with Crippen molar-refractivity contribution >= 4 is 11.3 Å². The van der Waals surface area contributed by atoms with Crippen LogP contribution in [0.1, 0.15) is 12.8 Å². The third-order valence-electron chi connectivity index (χ3n) is 3.01. The Kier molecular flexibility index (Phi) is 3.40. The van der Waals surface area contributed by atoms with Gasteiger partial charge < -0.3 is 9.73 Å². The highest BCUT2D eigenvalue weighted by Gasteiger charge is 2.18. The largest absolute Gasteiger partial charge is 0.419 e. The Labute approximate surface area is 110 Å². The Morgan fingerprint density at radius 1 is 1.56 bits per heavy atom. The average Bonchev–Trinajstić information content (AvgIpc) is 2.98. The summed E-state index contributed by atoms with van der Waals surface area (Å²) >= 11 is 1.62. The molecule has 5 nitrogen and oxygen atoms in total. The molecule has 0 bridgehead atoms. The number of hydrogen-bond acceptors (Lipinski definition) is 6. The van der Waals surface area contributed by atoms with Crippen LogP contribution in [0.4, 0.5) is 0 Å². The number of hydrogen-bond donors (Lipinski definition) is 1. The van der Waals surface area contributed by atoms with Crippen LogP contribution in [0.5, 0.6) is 0 Å². The molecule has 1 fully saturated rings. The molecule has 0 aromatic carbocycles. The quantitative estimate of drug-likeness (QED) is 0.912. The lowest BCUT2D eigenvalue weighted by Crippen LogP contribution is -2.48. The zero-order valence-electron chi connectivity index (χ0n) is 10.3. The van der Waals surface area contributed by atoms with Gasteiger partial charge >= 0.3 is 0 Å². The zero-order valence-corrected chi connectivity index (χ0v) is 11.1. The van der Waals surface area contributed by atoms with Crippen LogP contribution in [-0.4, -0.2) is 40.8 Å². The Balaban J connectivity index is 1.66. The molecule has 3 heterocycles. The number of nitrogens with zero attached hydrogens (tertiary/aromatic N) is 3. The third kappa shape index (κ3) is 2.60. The number of nitrogens with one attached hydrogen (secondary N) is 1.